The van der Waals surface area contributed by atoms with Crippen LogP contribution in [0.15, 0.2) is 4.52 Å². The molecule has 1 amide bonds. The number of aromatic nitrogens is 2. The summed E-state index contributed by atoms with van der Waals surface area (Å²) in [4.78, 5) is 17.5. The molecule has 5 saturated carbocycles. The van der Waals surface area contributed by atoms with Gasteiger partial charge in [0, 0.05) is 18.4 Å². The SMILES string of the molecule is NC1(c2noc(CCNC(=O)C34CC5CC(CC(C5)C3)C4)n2)CCCC1. The van der Waals surface area contributed by atoms with Crippen molar-refractivity contribution in [2.24, 2.45) is 28.9 Å². The van der Waals surface area contributed by atoms with E-state index in [1.54, 1.807) is 0 Å². The molecule has 1 aromatic heterocycles. The Morgan fingerprint density at radius 3 is 2.35 bits per heavy atom. The molecule has 0 radical (unpaired) electrons. The zero-order valence-corrected chi connectivity index (χ0v) is 15.5. The molecule has 6 heteroatoms. The topological polar surface area (TPSA) is 94.0 Å². The molecule has 0 atom stereocenters. The Morgan fingerprint density at radius 1 is 1.12 bits per heavy atom. The fourth-order valence-electron chi connectivity index (χ4n) is 6.65. The molecule has 6 rings (SSSR count). The second-order valence-electron chi connectivity index (χ2n) is 9.58. The fourth-order valence-corrected chi connectivity index (χ4v) is 6.65. The van der Waals surface area contributed by atoms with E-state index in [2.05, 4.69) is 15.5 Å². The summed E-state index contributed by atoms with van der Waals surface area (Å²) in [5, 5.41) is 7.28. The van der Waals surface area contributed by atoms with Crippen LogP contribution < -0.4 is 11.1 Å². The maximum absolute atomic E-state index is 13.0. The number of nitrogens with one attached hydrogen (secondary N) is 1. The predicted octanol–water partition coefficient (Wildman–Crippen LogP) is 2.67. The van der Waals surface area contributed by atoms with Gasteiger partial charge >= 0.3 is 0 Å². The van der Waals surface area contributed by atoms with Gasteiger partial charge in [0.15, 0.2) is 5.82 Å². The van der Waals surface area contributed by atoms with E-state index in [0.29, 0.717) is 24.7 Å². The zero-order valence-electron chi connectivity index (χ0n) is 15.5. The molecule has 4 bridgehead atoms. The van der Waals surface area contributed by atoms with Gasteiger partial charge in [-0.25, -0.2) is 0 Å². The molecule has 0 saturated heterocycles. The average Bonchev–Trinajstić information content (AvgIpc) is 3.24. The van der Waals surface area contributed by atoms with Crippen molar-refractivity contribution in [1.29, 1.82) is 0 Å². The molecule has 0 aromatic carbocycles. The van der Waals surface area contributed by atoms with Gasteiger partial charge in [0.25, 0.3) is 0 Å². The minimum Gasteiger partial charge on any atom is -0.355 e. The third kappa shape index (κ3) is 2.77. The maximum atomic E-state index is 13.0. The summed E-state index contributed by atoms with van der Waals surface area (Å²) in [6.45, 7) is 0.569. The molecular weight excluding hydrogens is 328 g/mol. The number of hydrogen-bond acceptors (Lipinski definition) is 5. The Bertz CT molecular complexity index is 656. The summed E-state index contributed by atoms with van der Waals surface area (Å²) >= 11 is 0. The van der Waals surface area contributed by atoms with Gasteiger partial charge in [-0.15, -0.1) is 0 Å². The summed E-state index contributed by atoms with van der Waals surface area (Å²) < 4.78 is 5.38. The van der Waals surface area contributed by atoms with Crippen LogP contribution in [0.25, 0.3) is 0 Å². The lowest BCUT2D eigenvalue weighted by atomic mass is 9.49. The Kier molecular flexibility index (Phi) is 3.89. The van der Waals surface area contributed by atoms with Gasteiger partial charge < -0.3 is 15.6 Å². The van der Waals surface area contributed by atoms with Crippen LogP contribution in [-0.2, 0) is 16.8 Å². The van der Waals surface area contributed by atoms with Gasteiger partial charge in [-0.3, -0.25) is 4.79 Å². The minimum absolute atomic E-state index is 0.0834. The third-order valence-corrected chi connectivity index (χ3v) is 7.55. The molecule has 6 nitrogen and oxygen atoms in total. The first-order chi connectivity index (χ1) is 12.5. The van der Waals surface area contributed by atoms with E-state index in [0.717, 1.165) is 62.7 Å². The molecule has 0 aliphatic heterocycles. The lowest BCUT2D eigenvalue weighted by molar-refractivity contribution is -0.146. The number of rotatable bonds is 5. The lowest BCUT2D eigenvalue weighted by Crippen LogP contribution is -2.53. The molecule has 5 fully saturated rings. The minimum atomic E-state index is -0.413. The standard InChI is InChI=1S/C20H30N4O2/c21-20(4-1-2-5-20)17-23-16(26-24-17)3-6-22-18(25)19-10-13-7-14(11-19)9-15(8-13)12-19/h13-15H,1-12,21H2,(H,22,25). The molecule has 1 aromatic rings. The largest absolute Gasteiger partial charge is 0.355 e. The van der Waals surface area contributed by atoms with Gasteiger partial charge in [-0.2, -0.15) is 4.98 Å². The van der Waals surface area contributed by atoms with Crippen molar-refractivity contribution in [3.8, 4) is 0 Å². The van der Waals surface area contributed by atoms with Crippen molar-refractivity contribution in [2.45, 2.75) is 76.2 Å². The van der Waals surface area contributed by atoms with Crippen molar-refractivity contribution in [3.05, 3.63) is 11.7 Å². The first kappa shape index (κ1) is 16.7. The van der Waals surface area contributed by atoms with Crippen LogP contribution in [0.4, 0.5) is 0 Å². The summed E-state index contributed by atoms with van der Waals surface area (Å²) in [7, 11) is 0. The van der Waals surface area contributed by atoms with E-state index < -0.39 is 5.54 Å². The molecule has 5 aliphatic carbocycles. The maximum Gasteiger partial charge on any atom is 0.228 e. The number of nitrogens with zero attached hydrogens (tertiary/aromatic N) is 2. The Morgan fingerprint density at radius 2 is 1.73 bits per heavy atom. The summed E-state index contributed by atoms with van der Waals surface area (Å²) in [6, 6.07) is 0. The van der Waals surface area contributed by atoms with Gasteiger partial charge in [0.1, 0.15) is 0 Å². The van der Waals surface area contributed by atoms with Crippen molar-refractivity contribution < 1.29 is 9.32 Å². The van der Waals surface area contributed by atoms with Crippen LogP contribution in [0.2, 0.25) is 0 Å². The normalized spacial score (nSPS) is 37.2. The molecule has 1 heterocycles. The molecule has 3 N–H and O–H groups in total. The molecule has 0 spiro atoms. The van der Waals surface area contributed by atoms with Gasteiger partial charge in [0.2, 0.25) is 11.8 Å². The van der Waals surface area contributed by atoms with Crippen LogP contribution in [-0.4, -0.2) is 22.6 Å². The Balaban J connectivity index is 1.17. The smallest absolute Gasteiger partial charge is 0.228 e. The van der Waals surface area contributed by atoms with E-state index in [1.165, 1.54) is 19.3 Å². The van der Waals surface area contributed by atoms with Gasteiger partial charge in [-0.1, -0.05) is 18.0 Å². The number of amides is 1. The molecule has 26 heavy (non-hydrogen) atoms. The van der Waals surface area contributed by atoms with Crippen LogP contribution in [0, 0.1) is 23.2 Å². The summed E-state index contributed by atoms with van der Waals surface area (Å²) in [5.41, 5.74) is 5.89. The fraction of sp³-hybridized carbons (Fsp3) is 0.850. The highest BCUT2D eigenvalue weighted by atomic mass is 16.5. The summed E-state index contributed by atoms with van der Waals surface area (Å²) in [6.07, 6.45) is 12.1. The highest BCUT2D eigenvalue weighted by molar-refractivity contribution is 5.83. The van der Waals surface area contributed by atoms with Crippen molar-refractivity contribution in [1.82, 2.24) is 15.5 Å². The monoisotopic (exact) mass is 358 g/mol. The third-order valence-electron chi connectivity index (χ3n) is 7.55. The van der Waals surface area contributed by atoms with Crippen LogP contribution in [0.1, 0.15) is 75.9 Å². The number of carbonyl (C=O) groups is 1. The molecular formula is C20H30N4O2. The first-order valence-corrected chi connectivity index (χ1v) is 10.4. The van der Waals surface area contributed by atoms with E-state index in [-0.39, 0.29) is 11.3 Å². The van der Waals surface area contributed by atoms with Crippen molar-refractivity contribution >= 4 is 5.91 Å². The molecule has 0 unspecified atom stereocenters. The summed E-state index contributed by atoms with van der Waals surface area (Å²) in [5.74, 6) is 3.86. The second kappa shape index (κ2) is 6.04. The van der Waals surface area contributed by atoms with Crippen molar-refractivity contribution in [3.63, 3.8) is 0 Å². The average molecular weight is 358 g/mol. The number of nitrogens with two attached hydrogens (primary N) is 1. The number of hydrogen-bond donors (Lipinski definition) is 2. The van der Waals surface area contributed by atoms with Crippen LogP contribution in [0.5, 0.6) is 0 Å². The Labute approximate surface area is 154 Å². The first-order valence-electron chi connectivity index (χ1n) is 10.4. The zero-order chi connectivity index (χ0) is 17.8. The van der Waals surface area contributed by atoms with E-state index in [4.69, 9.17) is 10.3 Å². The van der Waals surface area contributed by atoms with Gasteiger partial charge in [0.05, 0.1) is 5.54 Å². The lowest BCUT2D eigenvalue weighted by Gasteiger charge is -2.55. The highest BCUT2D eigenvalue weighted by Crippen LogP contribution is 2.60. The molecule has 5 aliphatic rings. The quantitative estimate of drug-likeness (QED) is 0.844. The van der Waals surface area contributed by atoms with E-state index >= 15 is 0 Å². The van der Waals surface area contributed by atoms with Crippen LogP contribution in [0.3, 0.4) is 0 Å². The second-order valence-corrected chi connectivity index (χ2v) is 9.58. The highest BCUT2D eigenvalue weighted by Gasteiger charge is 2.54. The Hall–Kier alpha value is -1.43. The number of carbonyl (C=O) groups excluding carboxylic acids is 1. The predicted molar refractivity (Wildman–Crippen MR) is 96.0 cm³/mol. The van der Waals surface area contributed by atoms with E-state index in [1.807, 2.05) is 0 Å². The van der Waals surface area contributed by atoms with Crippen LogP contribution >= 0.6 is 0 Å². The van der Waals surface area contributed by atoms with Gasteiger partial charge in [-0.05, 0) is 69.1 Å². The van der Waals surface area contributed by atoms with E-state index in [9.17, 15) is 4.79 Å². The van der Waals surface area contributed by atoms with Crippen molar-refractivity contribution in [2.75, 3.05) is 6.54 Å². The molecule has 142 valence electrons.